The molecule has 0 aromatic heterocycles. The van der Waals surface area contributed by atoms with E-state index in [2.05, 4.69) is 27.4 Å². The van der Waals surface area contributed by atoms with Gasteiger partial charge in [-0.25, -0.2) is 4.79 Å². The molecule has 24 heavy (non-hydrogen) atoms. The van der Waals surface area contributed by atoms with Crippen molar-refractivity contribution in [3.63, 3.8) is 0 Å². The van der Waals surface area contributed by atoms with Gasteiger partial charge in [0.15, 0.2) is 0 Å². The normalized spacial score (nSPS) is 25.0. The summed E-state index contributed by atoms with van der Waals surface area (Å²) in [6.45, 7) is 9.34. The van der Waals surface area contributed by atoms with Crippen molar-refractivity contribution in [3.05, 3.63) is 0 Å². The van der Waals surface area contributed by atoms with Gasteiger partial charge in [-0.3, -0.25) is 9.69 Å². The van der Waals surface area contributed by atoms with Crippen molar-refractivity contribution >= 4 is 11.9 Å². The molecule has 0 aromatic rings. The Morgan fingerprint density at radius 1 is 1.08 bits per heavy atom. The molecule has 3 fully saturated rings. The molecular formula is C17H31N5O2. The topological polar surface area (TPSA) is 67.9 Å². The van der Waals surface area contributed by atoms with Crippen LogP contribution >= 0.6 is 0 Å². The van der Waals surface area contributed by atoms with Crippen molar-refractivity contribution in [3.8, 4) is 0 Å². The van der Waals surface area contributed by atoms with E-state index in [1.54, 1.807) is 0 Å². The first-order valence-corrected chi connectivity index (χ1v) is 9.44. The van der Waals surface area contributed by atoms with E-state index in [4.69, 9.17) is 0 Å². The van der Waals surface area contributed by atoms with Gasteiger partial charge in [0.1, 0.15) is 0 Å². The van der Waals surface area contributed by atoms with Gasteiger partial charge in [-0.15, -0.1) is 0 Å². The second-order valence-electron chi connectivity index (χ2n) is 7.21. The molecule has 3 rings (SSSR count). The van der Waals surface area contributed by atoms with Crippen LogP contribution in [0.25, 0.3) is 0 Å². The van der Waals surface area contributed by atoms with Gasteiger partial charge in [0, 0.05) is 51.4 Å². The summed E-state index contributed by atoms with van der Waals surface area (Å²) < 4.78 is 0. The standard InChI is InChI=1S/C17H31N5O2/c1-2-20-8-3-14(4-9-20)19-16(23)13-21-10-5-15(6-11-21)22-12-7-18-17(22)24/h14-15H,2-13H2,1H3,(H,18,24)(H,19,23). The molecule has 3 amide bonds. The fourth-order valence-electron chi connectivity index (χ4n) is 4.09. The summed E-state index contributed by atoms with van der Waals surface area (Å²) in [5, 5.41) is 6.07. The van der Waals surface area contributed by atoms with Crippen LogP contribution in [-0.2, 0) is 4.79 Å². The molecule has 0 bridgehead atoms. The number of carbonyl (C=O) groups is 2. The molecule has 3 aliphatic heterocycles. The number of amides is 3. The van der Waals surface area contributed by atoms with Gasteiger partial charge in [0.05, 0.1) is 6.54 Å². The van der Waals surface area contributed by atoms with E-state index in [1.165, 1.54) is 0 Å². The molecular weight excluding hydrogens is 306 g/mol. The predicted octanol–water partition coefficient (Wildman–Crippen LogP) is 0.0765. The van der Waals surface area contributed by atoms with E-state index in [0.717, 1.165) is 71.5 Å². The van der Waals surface area contributed by atoms with E-state index in [1.807, 2.05) is 4.90 Å². The lowest BCUT2D eigenvalue weighted by Gasteiger charge is -2.36. The minimum absolute atomic E-state index is 0.0737. The molecule has 0 aromatic carbocycles. The predicted molar refractivity (Wildman–Crippen MR) is 92.8 cm³/mol. The van der Waals surface area contributed by atoms with Gasteiger partial charge in [-0.1, -0.05) is 6.92 Å². The maximum absolute atomic E-state index is 12.3. The van der Waals surface area contributed by atoms with Crippen LogP contribution in [0, 0.1) is 0 Å². The maximum Gasteiger partial charge on any atom is 0.317 e. The number of hydrogen-bond acceptors (Lipinski definition) is 4. The first kappa shape index (κ1) is 17.5. The summed E-state index contributed by atoms with van der Waals surface area (Å²) in [5.41, 5.74) is 0. The number of nitrogens with zero attached hydrogens (tertiary/aromatic N) is 3. The molecule has 0 aliphatic carbocycles. The van der Waals surface area contributed by atoms with Gasteiger partial charge in [-0.2, -0.15) is 0 Å². The fraction of sp³-hybridized carbons (Fsp3) is 0.882. The highest BCUT2D eigenvalue weighted by Gasteiger charge is 2.31. The van der Waals surface area contributed by atoms with Gasteiger partial charge < -0.3 is 20.4 Å². The summed E-state index contributed by atoms with van der Waals surface area (Å²) in [6, 6.07) is 0.751. The molecule has 3 aliphatic rings. The van der Waals surface area contributed by atoms with Gasteiger partial charge >= 0.3 is 6.03 Å². The zero-order chi connectivity index (χ0) is 16.9. The number of hydrogen-bond donors (Lipinski definition) is 2. The molecule has 3 heterocycles. The van der Waals surface area contributed by atoms with Crippen LogP contribution in [-0.4, -0.2) is 91.1 Å². The number of rotatable bonds is 5. The van der Waals surface area contributed by atoms with E-state index in [-0.39, 0.29) is 11.9 Å². The average Bonchev–Trinajstić information content (AvgIpc) is 3.02. The summed E-state index contributed by atoms with van der Waals surface area (Å²) >= 11 is 0. The number of carbonyl (C=O) groups excluding carboxylic acids is 2. The molecule has 3 saturated heterocycles. The van der Waals surface area contributed by atoms with E-state index >= 15 is 0 Å². The van der Waals surface area contributed by atoms with E-state index in [9.17, 15) is 9.59 Å². The Hall–Kier alpha value is -1.34. The number of piperidine rings is 2. The van der Waals surface area contributed by atoms with Crippen LogP contribution in [0.5, 0.6) is 0 Å². The maximum atomic E-state index is 12.3. The first-order valence-electron chi connectivity index (χ1n) is 9.44. The number of urea groups is 1. The second-order valence-corrected chi connectivity index (χ2v) is 7.21. The van der Waals surface area contributed by atoms with Crippen molar-refractivity contribution in [2.24, 2.45) is 0 Å². The van der Waals surface area contributed by atoms with Gasteiger partial charge in [0.25, 0.3) is 0 Å². The highest BCUT2D eigenvalue weighted by atomic mass is 16.2. The Labute approximate surface area is 144 Å². The molecule has 0 unspecified atom stereocenters. The lowest BCUT2D eigenvalue weighted by atomic mass is 10.0. The summed E-state index contributed by atoms with van der Waals surface area (Å²) in [5.74, 6) is 0.155. The molecule has 2 N–H and O–H groups in total. The summed E-state index contributed by atoms with van der Waals surface area (Å²) in [6.07, 6.45) is 4.06. The van der Waals surface area contributed by atoms with Crippen LogP contribution in [0.2, 0.25) is 0 Å². The van der Waals surface area contributed by atoms with E-state index in [0.29, 0.717) is 18.6 Å². The van der Waals surface area contributed by atoms with Crippen LogP contribution in [0.4, 0.5) is 4.79 Å². The highest BCUT2D eigenvalue weighted by Crippen LogP contribution is 2.18. The van der Waals surface area contributed by atoms with Crippen LogP contribution < -0.4 is 10.6 Å². The molecule has 7 heteroatoms. The van der Waals surface area contributed by atoms with Crippen LogP contribution in [0.1, 0.15) is 32.6 Å². The van der Waals surface area contributed by atoms with Crippen LogP contribution in [0.15, 0.2) is 0 Å². The largest absolute Gasteiger partial charge is 0.352 e. The third-order valence-electron chi connectivity index (χ3n) is 5.65. The third kappa shape index (κ3) is 4.39. The second kappa shape index (κ2) is 8.16. The first-order chi connectivity index (χ1) is 11.7. The zero-order valence-electron chi connectivity index (χ0n) is 14.8. The van der Waals surface area contributed by atoms with Crippen molar-refractivity contribution < 1.29 is 9.59 Å². The van der Waals surface area contributed by atoms with Gasteiger partial charge in [-0.05, 0) is 32.2 Å². The summed E-state index contributed by atoms with van der Waals surface area (Å²) in [7, 11) is 0. The zero-order valence-corrected chi connectivity index (χ0v) is 14.8. The SMILES string of the molecule is CCN1CCC(NC(=O)CN2CCC(N3CCNC3=O)CC2)CC1. The van der Waals surface area contributed by atoms with Gasteiger partial charge in [0.2, 0.25) is 5.91 Å². The van der Waals surface area contributed by atoms with Crippen molar-refractivity contribution in [1.82, 2.24) is 25.3 Å². The quantitative estimate of drug-likeness (QED) is 0.745. The summed E-state index contributed by atoms with van der Waals surface area (Å²) in [4.78, 5) is 30.6. The van der Waals surface area contributed by atoms with Crippen molar-refractivity contribution in [2.45, 2.75) is 44.7 Å². The Bertz CT molecular complexity index is 442. The minimum Gasteiger partial charge on any atom is -0.352 e. The average molecular weight is 337 g/mol. The Balaban J connectivity index is 1.35. The van der Waals surface area contributed by atoms with E-state index < -0.39 is 0 Å². The monoisotopic (exact) mass is 337 g/mol. The number of likely N-dealkylation sites (tertiary alicyclic amines) is 2. The highest BCUT2D eigenvalue weighted by molar-refractivity contribution is 5.78. The number of nitrogens with one attached hydrogen (secondary N) is 2. The molecule has 7 nitrogen and oxygen atoms in total. The third-order valence-corrected chi connectivity index (χ3v) is 5.65. The lowest BCUT2D eigenvalue weighted by molar-refractivity contribution is -0.123. The molecule has 0 saturated carbocycles. The Morgan fingerprint density at radius 3 is 2.33 bits per heavy atom. The molecule has 0 spiro atoms. The van der Waals surface area contributed by atoms with Crippen molar-refractivity contribution in [1.29, 1.82) is 0 Å². The lowest BCUT2D eigenvalue weighted by Crippen LogP contribution is -2.50. The minimum atomic E-state index is 0.0737. The molecule has 0 radical (unpaired) electrons. The fourth-order valence-corrected chi connectivity index (χ4v) is 4.09. The Kier molecular flexibility index (Phi) is 5.94. The van der Waals surface area contributed by atoms with Crippen LogP contribution in [0.3, 0.4) is 0 Å². The molecule has 0 atom stereocenters. The Morgan fingerprint density at radius 2 is 1.75 bits per heavy atom. The van der Waals surface area contributed by atoms with Crippen molar-refractivity contribution in [2.75, 3.05) is 52.4 Å². The molecule has 136 valence electrons. The smallest absolute Gasteiger partial charge is 0.317 e.